The summed E-state index contributed by atoms with van der Waals surface area (Å²) in [5, 5.41) is 11.8. The van der Waals surface area contributed by atoms with Gasteiger partial charge in [-0.15, -0.1) is 11.3 Å². The van der Waals surface area contributed by atoms with Crippen molar-refractivity contribution in [3.05, 3.63) is 57.3 Å². The minimum atomic E-state index is -0.669. The molecular weight excluding hydrogens is 400 g/mol. The number of thiophene rings is 1. The van der Waals surface area contributed by atoms with Crippen molar-refractivity contribution in [2.45, 2.75) is 43.0 Å². The zero-order valence-electron chi connectivity index (χ0n) is 15.1. The Bertz CT molecular complexity index is 970. The number of hydrogen-bond donors (Lipinski definition) is 1. The molecule has 8 heteroatoms. The van der Waals surface area contributed by atoms with Gasteiger partial charge in [0.1, 0.15) is 16.7 Å². The van der Waals surface area contributed by atoms with Crippen LogP contribution >= 0.6 is 23.1 Å². The second-order valence-corrected chi connectivity index (χ2v) is 9.53. The molecule has 2 aliphatic heterocycles. The van der Waals surface area contributed by atoms with Gasteiger partial charge in [-0.25, -0.2) is 13.8 Å². The number of aryl methyl sites for hydroxylation is 1. The maximum absolute atomic E-state index is 14.5. The number of amides is 1. The molecule has 1 aromatic heterocycles. The van der Waals surface area contributed by atoms with Gasteiger partial charge in [0.15, 0.2) is 4.87 Å². The number of hydrazone groups is 1. The second-order valence-electron chi connectivity index (χ2n) is 7.34. The van der Waals surface area contributed by atoms with Crippen LogP contribution in [0, 0.1) is 11.6 Å². The first-order chi connectivity index (χ1) is 13.6. The van der Waals surface area contributed by atoms with Gasteiger partial charge in [0, 0.05) is 10.4 Å². The normalized spacial score (nSPS) is 26.6. The Morgan fingerprint density at radius 1 is 1.29 bits per heavy atom. The first-order valence-corrected chi connectivity index (χ1v) is 11.2. The summed E-state index contributed by atoms with van der Waals surface area (Å²) in [6.07, 6.45) is 4.35. The molecule has 28 heavy (non-hydrogen) atoms. The van der Waals surface area contributed by atoms with Gasteiger partial charge in [-0.05, 0) is 73.9 Å². The summed E-state index contributed by atoms with van der Waals surface area (Å²) in [5.41, 5.74) is 1.33. The van der Waals surface area contributed by atoms with Crippen molar-refractivity contribution in [2.75, 3.05) is 6.54 Å². The van der Waals surface area contributed by atoms with Gasteiger partial charge >= 0.3 is 0 Å². The predicted octanol–water partition coefficient (Wildman–Crippen LogP) is 4.20. The molecule has 0 saturated carbocycles. The Balaban J connectivity index is 1.62. The van der Waals surface area contributed by atoms with E-state index in [0.717, 1.165) is 61.7 Å². The second kappa shape index (κ2) is 6.93. The largest absolute Gasteiger partial charge is 0.306 e. The maximum atomic E-state index is 14.5. The minimum Gasteiger partial charge on any atom is -0.306 e. The van der Waals surface area contributed by atoms with Crippen LogP contribution < -0.4 is 5.32 Å². The van der Waals surface area contributed by atoms with E-state index in [0.29, 0.717) is 5.04 Å². The van der Waals surface area contributed by atoms with Crippen LogP contribution in [0.25, 0.3) is 0 Å². The number of hydrogen-bond acceptors (Lipinski definition) is 5. The average Bonchev–Trinajstić information content (AvgIpc) is 3.43. The van der Waals surface area contributed by atoms with Crippen LogP contribution in [0.5, 0.6) is 0 Å². The molecular formula is C20H19F2N3OS2. The summed E-state index contributed by atoms with van der Waals surface area (Å²) >= 11 is 3.00. The standard InChI is InChI=1S/C20H19F2N3OS2/c21-13-5-6-15(22)14(11-13)18-24-25(19(26)16-4-2-9-23-16)20(28-18)8-1-3-12-7-10-27-17(12)20/h5-7,10-11,16,23H,1-4,8-9H2/t16-,20?/m0/s1. The summed E-state index contributed by atoms with van der Waals surface area (Å²) in [6.45, 7) is 0.809. The zero-order chi connectivity index (χ0) is 19.3. The lowest BCUT2D eigenvalue weighted by atomic mass is 9.93. The summed E-state index contributed by atoms with van der Waals surface area (Å²) in [4.78, 5) is 13.8. The number of thioether (sulfide) groups is 1. The zero-order valence-corrected chi connectivity index (χ0v) is 16.7. The number of carbonyl (C=O) groups is 1. The first-order valence-electron chi connectivity index (χ1n) is 9.46. The van der Waals surface area contributed by atoms with Gasteiger partial charge in [-0.2, -0.15) is 5.10 Å². The smallest absolute Gasteiger partial charge is 0.261 e. The molecule has 1 N–H and O–H groups in total. The van der Waals surface area contributed by atoms with Crippen molar-refractivity contribution in [3.8, 4) is 0 Å². The molecule has 0 bridgehead atoms. The van der Waals surface area contributed by atoms with Crippen molar-refractivity contribution in [2.24, 2.45) is 5.10 Å². The van der Waals surface area contributed by atoms with Gasteiger partial charge in [0.25, 0.3) is 5.91 Å². The Labute approximate surface area is 170 Å². The lowest BCUT2D eigenvalue weighted by Gasteiger charge is -2.39. The van der Waals surface area contributed by atoms with E-state index < -0.39 is 16.5 Å². The number of carbonyl (C=O) groups excluding carboxylic acids is 1. The molecule has 1 unspecified atom stereocenters. The molecule has 1 aliphatic carbocycles. The van der Waals surface area contributed by atoms with Crippen LogP contribution in [0.15, 0.2) is 34.7 Å². The van der Waals surface area contributed by atoms with E-state index in [4.69, 9.17) is 0 Å². The van der Waals surface area contributed by atoms with Crippen molar-refractivity contribution in [1.29, 1.82) is 0 Å². The van der Waals surface area contributed by atoms with Crippen LogP contribution in [-0.4, -0.2) is 28.5 Å². The third-order valence-electron chi connectivity index (χ3n) is 5.59. The number of benzene rings is 1. The van der Waals surface area contributed by atoms with E-state index in [-0.39, 0.29) is 17.5 Å². The summed E-state index contributed by atoms with van der Waals surface area (Å²) in [7, 11) is 0. The van der Waals surface area contributed by atoms with Crippen LogP contribution in [0.3, 0.4) is 0 Å². The molecule has 4 nitrogen and oxygen atoms in total. The van der Waals surface area contributed by atoms with E-state index in [1.807, 2.05) is 5.38 Å². The van der Waals surface area contributed by atoms with Crippen LogP contribution in [0.4, 0.5) is 8.78 Å². The van der Waals surface area contributed by atoms with Crippen LogP contribution in [0.1, 0.15) is 41.7 Å². The van der Waals surface area contributed by atoms with Gasteiger partial charge in [0.05, 0.1) is 6.04 Å². The van der Waals surface area contributed by atoms with Gasteiger partial charge < -0.3 is 5.32 Å². The van der Waals surface area contributed by atoms with E-state index in [1.54, 1.807) is 16.3 Å². The highest BCUT2D eigenvalue weighted by atomic mass is 32.2. The molecule has 2 atom stereocenters. The molecule has 1 fully saturated rings. The van der Waals surface area contributed by atoms with Crippen molar-refractivity contribution >= 4 is 34.0 Å². The highest BCUT2D eigenvalue weighted by Gasteiger charge is 2.53. The third-order valence-corrected chi connectivity index (χ3v) is 8.24. The van der Waals surface area contributed by atoms with Crippen molar-refractivity contribution < 1.29 is 13.6 Å². The molecule has 3 aliphatic rings. The van der Waals surface area contributed by atoms with Crippen LogP contribution in [0.2, 0.25) is 0 Å². The van der Waals surface area contributed by atoms with Crippen molar-refractivity contribution in [1.82, 2.24) is 10.3 Å². The van der Waals surface area contributed by atoms with Crippen molar-refractivity contribution in [3.63, 3.8) is 0 Å². The molecule has 5 rings (SSSR count). The quantitative estimate of drug-likeness (QED) is 0.793. The Morgan fingerprint density at radius 3 is 3.00 bits per heavy atom. The molecule has 146 valence electrons. The fourth-order valence-electron chi connectivity index (χ4n) is 4.24. The Hall–Kier alpha value is -1.77. The van der Waals surface area contributed by atoms with Gasteiger partial charge in [-0.1, -0.05) is 11.8 Å². The fourth-order valence-corrected chi connectivity index (χ4v) is 6.97. The minimum absolute atomic E-state index is 0.0851. The molecule has 1 aromatic carbocycles. The third kappa shape index (κ3) is 2.81. The molecule has 1 spiro atoms. The summed E-state index contributed by atoms with van der Waals surface area (Å²) in [5.74, 6) is -1.13. The Morgan fingerprint density at radius 2 is 2.18 bits per heavy atom. The molecule has 0 radical (unpaired) electrons. The molecule has 2 aromatic rings. The van der Waals surface area contributed by atoms with Gasteiger partial charge in [0.2, 0.25) is 0 Å². The number of fused-ring (bicyclic) bond motifs is 2. The first kappa shape index (κ1) is 18.3. The molecule has 1 amide bonds. The lowest BCUT2D eigenvalue weighted by molar-refractivity contribution is -0.136. The monoisotopic (exact) mass is 419 g/mol. The van der Waals surface area contributed by atoms with Gasteiger partial charge in [-0.3, -0.25) is 4.79 Å². The number of halogens is 2. The SMILES string of the molecule is O=C([C@@H]1CCCN1)N1N=C(c2cc(F)ccc2F)SC12CCCc1ccsc12. The Kier molecular flexibility index (Phi) is 4.52. The lowest BCUT2D eigenvalue weighted by Crippen LogP contribution is -2.49. The molecule has 1 saturated heterocycles. The van der Waals surface area contributed by atoms with E-state index in [2.05, 4.69) is 16.5 Å². The van der Waals surface area contributed by atoms with E-state index in [9.17, 15) is 13.6 Å². The maximum Gasteiger partial charge on any atom is 0.261 e. The topological polar surface area (TPSA) is 44.7 Å². The van der Waals surface area contributed by atoms with E-state index in [1.165, 1.54) is 17.3 Å². The van der Waals surface area contributed by atoms with Crippen LogP contribution in [-0.2, 0) is 16.1 Å². The fraction of sp³-hybridized carbons (Fsp3) is 0.400. The summed E-state index contributed by atoms with van der Waals surface area (Å²) in [6, 6.07) is 5.19. The predicted molar refractivity (Wildman–Crippen MR) is 107 cm³/mol. The highest BCUT2D eigenvalue weighted by molar-refractivity contribution is 8.15. The number of nitrogens with zero attached hydrogens (tertiary/aromatic N) is 2. The summed E-state index contributed by atoms with van der Waals surface area (Å²) < 4.78 is 28.3. The number of rotatable bonds is 2. The molecule has 3 heterocycles. The number of nitrogens with one attached hydrogen (secondary N) is 1. The highest BCUT2D eigenvalue weighted by Crippen LogP contribution is 2.55. The van der Waals surface area contributed by atoms with E-state index >= 15 is 0 Å². The average molecular weight is 420 g/mol.